The molecule has 29 heavy (non-hydrogen) atoms. The molecular weight excluding hydrogens is 368 g/mol. The van der Waals surface area contributed by atoms with Crippen LogP contribution in [0.15, 0.2) is 36.7 Å². The van der Waals surface area contributed by atoms with Gasteiger partial charge in [0.25, 0.3) is 0 Å². The first-order chi connectivity index (χ1) is 14.1. The standard InChI is InChI=1S/C22H30N4O3/c1-24-11-8-23-20(24)17-25-9-6-22(7-10-25)15-21(27)26(12-13-29-22)16-18-4-3-5-19(14-18)28-2/h3-5,8,11,14H,6-7,9-10,12-13,15-17H2,1-2H3. The summed E-state index contributed by atoms with van der Waals surface area (Å²) in [5.74, 6) is 2.07. The van der Waals surface area contributed by atoms with Gasteiger partial charge in [-0.25, -0.2) is 4.98 Å². The average molecular weight is 399 g/mol. The maximum atomic E-state index is 13.0. The second kappa shape index (κ2) is 8.55. The van der Waals surface area contributed by atoms with E-state index in [9.17, 15) is 4.79 Å². The Bertz CT molecular complexity index is 842. The van der Waals surface area contributed by atoms with Gasteiger partial charge in [-0.3, -0.25) is 9.69 Å². The van der Waals surface area contributed by atoms with Gasteiger partial charge in [-0.1, -0.05) is 12.1 Å². The highest BCUT2D eigenvalue weighted by atomic mass is 16.5. The number of hydrogen-bond donors (Lipinski definition) is 0. The molecule has 1 amide bonds. The topological polar surface area (TPSA) is 59.8 Å². The van der Waals surface area contributed by atoms with Crippen molar-refractivity contribution in [1.29, 1.82) is 0 Å². The van der Waals surface area contributed by atoms with Crippen LogP contribution in [0.3, 0.4) is 0 Å². The van der Waals surface area contributed by atoms with Crippen LogP contribution in [-0.2, 0) is 29.7 Å². The molecule has 1 aromatic heterocycles. The molecule has 0 saturated carbocycles. The monoisotopic (exact) mass is 398 g/mol. The number of piperidine rings is 1. The summed E-state index contributed by atoms with van der Waals surface area (Å²) in [5.41, 5.74) is 0.761. The third kappa shape index (κ3) is 4.62. The minimum absolute atomic E-state index is 0.183. The largest absolute Gasteiger partial charge is 0.497 e. The molecule has 2 aliphatic heterocycles. The first-order valence-corrected chi connectivity index (χ1v) is 10.3. The lowest BCUT2D eigenvalue weighted by Gasteiger charge is -2.40. The summed E-state index contributed by atoms with van der Waals surface area (Å²) in [7, 11) is 3.69. The van der Waals surface area contributed by atoms with E-state index in [0.717, 1.165) is 49.6 Å². The lowest BCUT2D eigenvalue weighted by Crippen LogP contribution is -2.47. The summed E-state index contributed by atoms with van der Waals surface area (Å²) in [4.78, 5) is 21.8. The first-order valence-electron chi connectivity index (χ1n) is 10.3. The van der Waals surface area contributed by atoms with E-state index in [2.05, 4.69) is 14.5 Å². The smallest absolute Gasteiger partial charge is 0.225 e. The summed E-state index contributed by atoms with van der Waals surface area (Å²) in [5, 5.41) is 0. The molecule has 2 fully saturated rings. The van der Waals surface area contributed by atoms with Crippen LogP contribution in [-0.4, -0.2) is 64.2 Å². The van der Waals surface area contributed by atoms with Crippen LogP contribution < -0.4 is 4.74 Å². The zero-order chi connectivity index (χ0) is 20.3. The number of amides is 1. The van der Waals surface area contributed by atoms with Gasteiger partial charge >= 0.3 is 0 Å². The predicted octanol–water partition coefficient (Wildman–Crippen LogP) is 2.21. The molecule has 0 unspecified atom stereocenters. The second-order valence-corrected chi connectivity index (χ2v) is 8.11. The molecular formula is C22H30N4O3. The molecule has 0 bridgehead atoms. The number of aromatic nitrogens is 2. The van der Waals surface area contributed by atoms with Gasteiger partial charge in [0.1, 0.15) is 11.6 Å². The highest BCUT2D eigenvalue weighted by Gasteiger charge is 2.40. The Labute approximate surface area is 172 Å². The van der Waals surface area contributed by atoms with E-state index in [0.29, 0.717) is 26.1 Å². The number of hydrogen-bond acceptors (Lipinski definition) is 5. The van der Waals surface area contributed by atoms with E-state index in [1.165, 1.54) is 0 Å². The molecule has 0 radical (unpaired) electrons. The van der Waals surface area contributed by atoms with Gasteiger partial charge in [0, 0.05) is 45.6 Å². The number of carbonyl (C=O) groups is 1. The molecule has 3 heterocycles. The van der Waals surface area contributed by atoms with Crippen molar-refractivity contribution in [3.63, 3.8) is 0 Å². The maximum Gasteiger partial charge on any atom is 0.225 e. The minimum atomic E-state index is -0.321. The van der Waals surface area contributed by atoms with Crippen LogP contribution in [0.5, 0.6) is 5.75 Å². The molecule has 0 aliphatic carbocycles. The Kier molecular flexibility index (Phi) is 5.87. The first kappa shape index (κ1) is 19.9. The van der Waals surface area contributed by atoms with Crippen molar-refractivity contribution in [2.45, 2.75) is 38.0 Å². The van der Waals surface area contributed by atoms with Gasteiger partial charge in [0.2, 0.25) is 5.91 Å². The van der Waals surface area contributed by atoms with Crippen LogP contribution in [0.2, 0.25) is 0 Å². The maximum absolute atomic E-state index is 13.0. The lowest BCUT2D eigenvalue weighted by molar-refractivity contribution is -0.136. The molecule has 2 saturated heterocycles. The van der Waals surface area contributed by atoms with Gasteiger partial charge in [-0.05, 0) is 30.5 Å². The van der Waals surface area contributed by atoms with Crippen molar-refractivity contribution >= 4 is 5.91 Å². The van der Waals surface area contributed by atoms with Crippen LogP contribution in [0.4, 0.5) is 0 Å². The second-order valence-electron chi connectivity index (χ2n) is 8.11. The van der Waals surface area contributed by atoms with Gasteiger partial charge in [0.05, 0.1) is 32.3 Å². The molecule has 2 aliphatic rings. The third-order valence-electron chi connectivity index (χ3n) is 6.16. The molecule has 0 atom stereocenters. The number of imidazole rings is 1. The van der Waals surface area contributed by atoms with Gasteiger partial charge < -0.3 is 18.9 Å². The van der Waals surface area contributed by atoms with Crippen molar-refractivity contribution in [3.8, 4) is 5.75 Å². The fraction of sp³-hybridized carbons (Fsp3) is 0.545. The van der Waals surface area contributed by atoms with E-state index >= 15 is 0 Å². The SMILES string of the molecule is COc1cccc(CN2CCOC3(CCN(Cc4nccn4C)CC3)CC2=O)c1. The lowest BCUT2D eigenvalue weighted by atomic mass is 9.87. The summed E-state index contributed by atoms with van der Waals surface area (Å²) >= 11 is 0. The van der Waals surface area contributed by atoms with E-state index in [-0.39, 0.29) is 11.5 Å². The molecule has 1 spiro atoms. The Morgan fingerprint density at radius 1 is 1.21 bits per heavy atom. The zero-order valence-corrected chi connectivity index (χ0v) is 17.3. The Hall–Kier alpha value is -2.38. The molecule has 4 rings (SSSR count). The summed E-state index contributed by atoms with van der Waals surface area (Å²) in [6, 6.07) is 7.91. The quantitative estimate of drug-likeness (QED) is 0.773. The number of aryl methyl sites for hydroxylation is 1. The van der Waals surface area contributed by atoms with E-state index in [1.54, 1.807) is 7.11 Å². The number of rotatable bonds is 5. The van der Waals surface area contributed by atoms with Crippen LogP contribution in [0.1, 0.15) is 30.7 Å². The molecule has 156 valence electrons. The van der Waals surface area contributed by atoms with Crippen LogP contribution in [0.25, 0.3) is 0 Å². The van der Waals surface area contributed by atoms with Crippen LogP contribution >= 0.6 is 0 Å². The van der Waals surface area contributed by atoms with Gasteiger partial charge in [0.15, 0.2) is 0 Å². The number of methoxy groups -OCH3 is 1. The fourth-order valence-electron chi connectivity index (χ4n) is 4.28. The fourth-order valence-corrected chi connectivity index (χ4v) is 4.28. The van der Waals surface area contributed by atoms with E-state index < -0.39 is 0 Å². The van der Waals surface area contributed by atoms with Gasteiger partial charge in [-0.15, -0.1) is 0 Å². The third-order valence-corrected chi connectivity index (χ3v) is 6.16. The summed E-state index contributed by atoms with van der Waals surface area (Å²) in [6.45, 7) is 4.52. The highest BCUT2D eigenvalue weighted by Crippen LogP contribution is 2.33. The summed E-state index contributed by atoms with van der Waals surface area (Å²) in [6.07, 6.45) is 6.05. The van der Waals surface area contributed by atoms with Crippen molar-refractivity contribution in [1.82, 2.24) is 19.4 Å². The molecule has 0 N–H and O–H groups in total. The van der Waals surface area contributed by atoms with E-state index in [1.807, 2.05) is 48.6 Å². The van der Waals surface area contributed by atoms with Gasteiger partial charge in [-0.2, -0.15) is 0 Å². The Balaban J connectivity index is 1.35. The van der Waals surface area contributed by atoms with Crippen molar-refractivity contribution in [2.75, 3.05) is 33.4 Å². The Morgan fingerprint density at radius 3 is 2.76 bits per heavy atom. The molecule has 7 nitrogen and oxygen atoms in total. The highest BCUT2D eigenvalue weighted by molar-refractivity contribution is 5.77. The molecule has 1 aromatic carbocycles. The number of nitrogens with zero attached hydrogens (tertiary/aromatic N) is 4. The average Bonchev–Trinajstić information content (AvgIpc) is 3.06. The molecule has 2 aromatic rings. The normalized spacial score (nSPS) is 20.1. The van der Waals surface area contributed by atoms with Crippen molar-refractivity contribution in [3.05, 3.63) is 48.0 Å². The number of carbonyl (C=O) groups excluding carboxylic acids is 1. The van der Waals surface area contributed by atoms with Crippen molar-refractivity contribution in [2.24, 2.45) is 7.05 Å². The summed E-state index contributed by atoms with van der Waals surface area (Å²) < 4.78 is 13.7. The minimum Gasteiger partial charge on any atom is -0.497 e. The van der Waals surface area contributed by atoms with Crippen molar-refractivity contribution < 1.29 is 14.3 Å². The van der Waals surface area contributed by atoms with E-state index in [4.69, 9.17) is 9.47 Å². The number of ether oxygens (including phenoxy) is 2. The molecule has 7 heteroatoms. The Morgan fingerprint density at radius 2 is 2.03 bits per heavy atom. The predicted molar refractivity (Wildman–Crippen MR) is 109 cm³/mol. The number of benzene rings is 1. The zero-order valence-electron chi connectivity index (χ0n) is 17.3. The van der Waals surface area contributed by atoms with Crippen LogP contribution in [0, 0.1) is 0 Å². The number of likely N-dealkylation sites (tertiary alicyclic amines) is 1.